The SMILES string of the molecule is C=Cc1cccc(-c2cc(C)ccc2OCOC)c1C1CCCN1C. The van der Waals surface area contributed by atoms with Crippen molar-refractivity contribution in [1.82, 2.24) is 4.90 Å². The van der Waals surface area contributed by atoms with Crippen molar-refractivity contribution in [3.63, 3.8) is 0 Å². The van der Waals surface area contributed by atoms with E-state index in [-0.39, 0.29) is 6.79 Å². The second-order valence-corrected chi connectivity index (χ2v) is 6.70. The summed E-state index contributed by atoms with van der Waals surface area (Å²) in [5, 5.41) is 0. The molecular weight excluding hydrogens is 310 g/mol. The summed E-state index contributed by atoms with van der Waals surface area (Å²) in [5.74, 6) is 0.857. The zero-order valence-electron chi connectivity index (χ0n) is 15.4. The minimum atomic E-state index is 0.246. The Labute approximate surface area is 150 Å². The van der Waals surface area contributed by atoms with Crippen molar-refractivity contribution in [3.8, 4) is 16.9 Å². The molecule has 0 amide bonds. The lowest BCUT2D eigenvalue weighted by Crippen LogP contribution is -2.19. The third-order valence-corrected chi connectivity index (χ3v) is 4.97. The quantitative estimate of drug-likeness (QED) is 0.688. The van der Waals surface area contributed by atoms with Gasteiger partial charge >= 0.3 is 0 Å². The van der Waals surface area contributed by atoms with Gasteiger partial charge in [0.1, 0.15) is 5.75 Å². The van der Waals surface area contributed by atoms with Crippen LogP contribution in [0.3, 0.4) is 0 Å². The van der Waals surface area contributed by atoms with Crippen LogP contribution in [0.4, 0.5) is 0 Å². The molecule has 0 aromatic heterocycles. The van der Waals surface area contributed by atoms with Crippen LogP contribution in [-0.4, -0.2) is 32.4 Å². The van der Waals surface area contributed by atoms with Gasteiger partial charge in [-0.2, -0.15) is 0 Å². The lowest BCUT2D eigenvalue weighted by molar-refractivity contribution is 0.0515. The molecule has 0 radical (unpaired) electrons. The number of rotatable bonds is 6. The monoisotopic (exact) mass is 337 g/mol. The van der Waals surface area contributed by atoms with Gasteiger partial charge in [-0.3, -0.25) is 4.90 Å². The number of nitrogens with zero attached hydrogens (tertiary/aromatic N) is 1. The molecule has 1 aliphatic rings. The fourth-order valence-electron chi connectivity index (χ4n) is 3.75. The molecule has 1 fully saturated rings. The number of aryl methyl sites for hydroxylation is 1. The van der Waals surface area contributed by atoms with Gasteiger partial charge in [-0.15, -0.1) is 0 Å². The minimum Gasteiger partial charge on any atom is -0.467 e. The third-order valence-electron chi connectivity index (χ3n) is 4.97. The maximum absolute atomic E-state index is 5.85. The average molecular weight is 337 g/mol. The van der Waals surface area contributed by atoms with Crippen LogP contribution in [0.15, 0.2) is 43.0 Å². The molecule has 0 bridgehead atoms. The summed E-state index contributed by atoms with van der Waals surface area (Å²) < 4.78 is 11.0. The van der Waals surface area contributed by atoms with E-state index in [1.54, 1.807) is 7.11 Å². The maximum Gasteiger partial charge on any atom is 0.188 e. The molecule has 0 spiro atoms. The van der Waals surface area contributed by atoms with Crippen LogP contribution >= 0.6 is 0 Å². The van der Waals surface area contributed by atoms with Crippen LogP contribution in [0.25, 0.3) is 17.2 Å². The first-order valence-electron chi connectivity index (χ1n) is 8.84. The van der Waals surface area contributed by atoms with E-state index in [2.05, 4.69) is 55.8 Å². The molecule has 132 valence electrons. The molecule has 1 saturated heterocycles. The fraction of sp³-hybridized carbons (Fsp3) is 0.364. The number of methoxy groups -OCH3 is 1. The van der Waals surface area contributed by atoms with Crippen LogP contribution in [0.2, 0.25) is 0 Å². The second-order valence-electron chi connectivity index (χ2n) is 6.70. The highest BCUT2D eigenvalue weighted by Crippen LogP contribution is 2.42. The highest BCUT2D eigenvalue weighted by Gasteiger charge is 2.27. The Morgan fingerprint density at radius 3 is 2.76 bits per heavy atom. The molecular formula is C22H27NO2. The lowest BCUT2D eigenvalue weighted by atomic mass is 9.88. The Morgan fingerprint density at radius 2 is 2.08 bits per heavy atom. The number of benzene rings is 2. The van der Waals surface area contributed by atoms with Gasteiger partial charge in [0.2, 0.25) is 0 Å². The van der Waals surface area contributed by atoms with E-state index < -0.39 is 0 Å². The average Bonchev–Trinajstić information content (AvgIpc) is 3.05. The van der Waals surface area contributed by atoms with E-state index in [0.717, 1.165) is 17.9 Å². The Kier molecular flexibility index (Phi) is 5.57. The summed E-state index contributed by atoms with van der Waals surface area (Å²) in [6.45, 7) is 7.54. The van der Waals surface area contributed by atoms with Crippen LogP contribution in [0, 0.1) is 6.92 Å². The molecule has 2 aromatic rings. The van der Waals surface area contributed by atoms with Crippen LogP contribution < -0.4 is 4.74 Å². The van der Waals surface area contributed by atoms with E-state index in [9.17, 15) is 0 Å². The van der Waals surface area contributed by atoms with Gasteiger partial charge in [0, 0.05) is 18.7 Å². The molecule has 1 aliphatic heterocycles. The second kappa shape index (κ2) is 7.85. The summed E-state index contributed by atoms with van der Waals surface area (Å²) >= 11 is 0. The van der Waals surface area contributed by atoms with E-state index in [1.807, 2.05) is 12.1 Å². The predicted octanol–water partition coefficient (Wildman–Crippen LogP) is 5.05. The Hall–Kier alpha value is -2.10. The summed E-state index contributed by atoms with van der Waals surface area (Å²) in [7, 11) is 3.85. The standard InChI is InChI=1S/C22H27NO2/c1-5-17-8-6-9-18(22(17)20-10-7-13-23(20)3)19-14-16(2)11-12-21(19)25-15-24-4/h5-6,8-9,11-12,14,20H,1,7,10,13,15H2,2-4H3. The molecule has 1 atom stereocenters. The molecule has 3 rings (SSSR count). The van der Waals surface area contributed by atoms with Crippen molar-refractivity contribution in [2.24, 2.45) is 0 Å². The fourth-order valence-corrected chi connectivity index (χ4v) is 3.75. The van der Waals surface area contributed by atoms with Gasteiger partial charge in [-0.05, 0) is 62.2 Å². The van der Waals surface area contributed by atoms with E-state index in [1.165, 1.54) is 35.1 Å². The van der Waals surface area contributed by atoms with Gasteiger partial charge < -0.3 is 9.47 Å². The van der Waals surface area contributed by atoms with Crippen molar-refractivity contribution >= 4 is 6.08 Å². The summed E-state index contributed by atoms with van der Waals surface area (Å²) in [6.07, 6.45) is 4.37. The molecule has 3 nitrogen and oxygen atoms in total. The van der Waals surface area contributed by atoms with Gasteiger partial charge in [-0.1, -0.05) is 42.5 Å². The Morgan fingerprint density at radius 1 is 1.24 bits per heavy atom. The Balaban J connectivity index is 2.17. The molecule has 25 heavy (non-hydrogen) atoms. The largest absolute Gasteiger partial charge is 0.467 e. The lowest BCUT2D eigenvalue weighted by Gasteiger charge is -2.26. The summed E-state index contributed by atoms with van der Waals surface area (Å²) in [5.41, 5.74) is 6.12. The summed E-state index contributed by atoms with van der Waals surface area (Å²) in [6, 6.07) is 13.2. The van der Waals surface area contributed by atoms with Crippen LogP contribution in [0.1, 0.15) is 35.6 Å². The smallest absolute Gasteiger partial charge is 0.188 e. The first kappa shape index (κ1) is 17.7. The summed E-state index contributed by atoms with van der Waals surface area (Å²) in [4.78, 5) is 2.44. The van der Waals surface area contributed by atoms with Crippen LogP contribution in [-0.2, 0) is 4.74 Å². The normalized spacial score (nSPS) is 17.6. The first-order valence-corrected chi connectivity index (χ1v) is 8.84. The number of ether oxygens (including phenoxy) is 2. The van der Waals surface area contributed by atoms with Crippen molar-refractivity contribution in [2.45, 2.75) is 25.8 Å². The van der Waals surface area contributed by atoms with Crippen molar-refractivity contribution in [2.75, 3.05) is 27.5 Å². The van der Waals surface area contributed by atoms with Crippen molar-refractivity contribution in [3.05, 3.63) is 59.7 Å². The molecule has 1 unspecified atom stereocenters. The predicted molar refractivity (Wildman–Crippen MR) is 104 cm³/mol. The maximum atomic E-state index is 5.85. The topological polar surface area (TPSA) is 21.7 Å². The number of hydrogen-bond donors (Lipinski definition) is 0. The van der Waals surface area contributed by atoms with Crippen LogP contribution in [0.5, 0.6) is 5.75 Å². The highest BCUT2D eigenvalue weighted by molar-refractivity contribution is 5.78. The third kappa shape index (κ3) is 3.63. The van der Waals surface area contributed by atoms with Gasteiger partial charge in [0.25, 0.3) is 0 Å². The number of hydrogen-bond acceptors (Lipinski definition) is 3. The van der Waals surface area contributed by atoms with E-state index >= 15 is 0 Å². The first-order chi connectivity index (χ1) is 12.2. The van der Waals surface area contributed by atoms with Crippen molar-refractivity contribution < 1.29 is 9.47 Å². The Bertz CT molecular complexity index is 754. The molecule has 0 aliphatic carbocycles. The van der Waals surface area contributed by atoms with E-state index in [0.29, 0.717) is 6.04 Å². The zero-order chi connectivity index (χ0) is 17.8. The molecule has 1 heterocycles. The zero-order valence-corrected chi connectivity index (χ0v) is 15.4. The molecule has 3 heteroatoms. The van der Waals surface area contributed by atoms with Gasteiger partial charge in [0.15, 0.2) is 6.79 Å². The minimum absolute atomic E-state index is 0.246. The van der Waals surface area contributed by atoms with Crippen molar-refractivity contribution in [1.29, 1.82) is 0 Å². The number of likely N-dealkylation sites (tertiary alicyclic amines) is 1. The molecule has 0 saturated carbocycles. The molecule has 0 N–H and O–H groups in total. The van der Waals surface area contributed by atoms with Gasteiger partial charge in [0.05, 0.1) is 0 Å². The highest BCUT2D eigenvalue weighted by atomic mass is 16.7. The van der Waals surface area contributed by atoms with Gasteiger partial charge in [-0.25, -0.2) is 0 Å². The molecule has 2 aromatic carbocycles. The van der Waals surface area contributed by atoms with E-state index in [4.69, 9.17) is 9.47 Å².